The number of rotatable bonds is 6. The van der Waals surface area contributed by atoms with Gasteiger partial charge in [-0.1, -0.05) is 31.0 Å². The van der Waals surface area contributed by atoms with Gasteiger partial charge in [0.2, 0.25) is 11.8 Å². The molecule has 1 saturated heterocycles. The Morgan fingerprint density at radius 2 is 1.69 bits per heavy atom. The van der Waals surface area contributed by atoms with Crippen LogP contribution in [0.25, 0.3) is 0 Å². The van der Waals surface area contributed by atoms with Gasteiger partial charge in [0.05, 0.1) is 24.0 Å². The minimum absolute atomic E-state index is 0.0978. The van der Waals surface area contributed by atoms with Crippen LogP contribution in [-0.2, 0) is 14.3 Å². The number of hydroxylamine groups is 1. The number of carbonyl (C=O) groups excluding carboxylic acids is 3. The number of aliphatic hydroxyl groups is 1. The molecule has 10 heteroatoms. The number of aliphatic hydroxyl groups excluding tert-OH is 1. The number of carbonyl (C=O) groups is 3. The number of hydrogen-bond acceptors (Lipinski definition) is 7. The summed E-state index contributed by atoms with van der Waals surface area (Å²) >= 11 is 0. The summed E-state index contributed by atoms with van der Waals surface area (Å²) in [5, 5.41) is 21.8. The van der Waals surface area contributed by atoms with Crippen LogP contribution in [0.5, 0.6) is 0 Å². The van der Waals surface area contributed by atoms with E-state index < -0.39 is 35.5 Å². The second-order valence-electron chi connectivity index (χ2n) is 9.95. The number of nitrogens with zero attached hydrogens (tertiary/aromatic N) is 2. The lowest BCUT2D eigenvalue weighted by molar-refractivity contribution is -0.149. The van der Waals surface area contributed by atoms with E-state index in [1.165, 1.54) is 0 Å². The number of anilines is 1. The SMILES string of the molecule is O=C(NC1(CO)CCCC1)O[C@@H]1CC[C@H](C(=O)N2CCN(c3ccccc3)CC2)[C@@H](C(=O)NO)C1. The Hall–Kier alpha value is -2.85. The van der Waals surface area contributed by atoms with Gasteiger partial charge < -0.3 is 25.0 Å². The summed E-state index contributed by atoms with van der Waals surface area (Å²) in [6, 6.07) is 10.0. The lowest BCUT2D eigenvalue weighted by atomic mass is 9.76. The largest absolute Gasteiger partial charge is 0.446 e. The molecule has 0 aromatic heterocycles. The van der Waals surface area contributed by atoms with Gasteiger partial charge in [-0.15, -0.1) is 0 Å². The Morgan fingerprint density at radius 3 is 2.31 bits per heavy atom. The van der Waals surface area contributed by atoms with E-state index in [4.69, 9.17) is 4.74 Å². The summed E-state index contributed by atoms with van der Waals surface area (Å²) in [6.07, 6.45) is 3.11. The van der Waals surface area contributed by atoms with E-state index >= 15 is 0 Å². The zero-order valence-corrected chi connectivity index (χ0v) is 20.0. The Labute approximate surface area is 205 Å². The van der Waals surface area contributed by atoms with Gasteiger partial charge >= 0.3 is 6.09 Å². The van der Waals surface area contributed by atoms with Gasteiger partial charge in [-0.2, -0.15) is 0 Å². The summed E-state index contributed by atoms with van der Waals surface area (Å²) < 4.78 is 5.59. The van der Waals surface area contributed by atoms with Gasteiger partial charge in [-0.05, 0) is 44.2 Å². The third kappa shape index (κ3) is 5.87. The van der Waals surface area contributed by atoms with E-state index in [-0.39, 0.29) is 18.9 Å². The van der Waals surface area contributed by atoms with E-state index in [1.54, 1.807) is 10.4 Å². The topological polar surface area (TPSA) is 131 Å². The van der Waals surface area contributed by atoms with Crippen LogP contribution in [0, 0.1) is 11.8 Å². The van der Waals surface area contributed by atoms with Gasteiger partial charge in [-0.25, -0.2) is 10.3 Å². The van der Waals surface area contributed by atoms with Crippen LogP contribution in [0.15, 0.2) is 30.3 Å². The Bertz CT molecular complexity index is 883. The van der Waals surface area contributed by atoms with Crippen molar-refractivity contribution in [3.63, 3.8) is 0 Å². The summed E-state index contributed by atoms with van der Waals surface area (Å²) in [5.41, 5.74) is 2.17. The molecular weight excluding hydrogens is 452 g/mol. The molecule has 1 aromatic carbocycles. The normalized spacial score (nSPS) is 26.2. The van der Waals surface area contributed by atoms with Crippen LogP contribution in [0.4, 0.5) is 10.5 Å². The molecule has 1 heterocycles. The molecule has 2 saturated carbocycles. The molecule has 2 aliphatic carbocycles. The fourth-order valence-corrected chi connectivity index (χ4v) is 5.74. The van der Waals surface area contributed by atoms with Gasteiger partial charge in [0.25, 0.3) is 0 Å². The smallest absolute Gasteiger partial charge is 0.407 e. The van der Waals surface area contributed by atoms with Crippen molar-refractivity contribution < 1.29 is 29.4 Å². The molecule has 0 spiro atoms. The van der Waals surface area contributed by atoms with Crippen LogP contribution in [-0.4, -0.2) is 77.6 Å². The Balaban J connectivity index is 1.33. The summed E-state index contributed by atoms with van der Waals surface area (Å²) in [6.45, 7) is 2.39. The first-order valence-corrected chi connectivity index (χ1v) is 12.6. The van der Waals surface area contributed by atoms with Crippen molar-refractivity contribution in [2.45, 2.75) is 56.6 Å². The molecule has 3 atom stereocenters. The average molecular weight is 489 g/mol. The number of piperazine rings is 1. The third-order valence-electron chi connectivity index (χ3n) is 7.78. The molecule has 4 N–H and O–H groups in total. The Kier molecular flexibility index (Phi) is 8.12. The molecule has 1 aliphatic heterocycles. The predicted molar refractivity (Wildman–Crippen MR) is 128 cm³/mol. The highest BCUT2D eigenvalue weighted by atomic mass is 16.6. The van der Waals surface area contributed by atoms with E-state index in [0.717, 1.165) is 18.5 Å². The standard InChI is InChI=1S/C25H36N4O6/c30-17-25(10-4-5-11-25)26-24(33)35-19-8-9-20(21(16-19)22(31)27-34)23(32)29-14-12-28(13-15-29)18-6-2-1-3-7-18/h1-3,6-7,19-21,30,34H,4-5,8-17H2,(H,26,33)(H,27,31)/t19-,20+,21+/m1/s1. The molecule has 3 fully saturated rings. The number of para-hydroxylation sites is 1. The first-order chi connectivity index (χ1) is 16.9. The van der Waals surface area contributed by atoms with Crippen LogP contribution in [0.2, 0.25) is 0 Å². The molecule has 0 radical (unpaired) electrons. The quantitative estimate of drug-likeness (QED) is 0.354. The van der Waals surface area contributed by atoms with Crippen LogP contribution in [0.3, 0.4) is 0 Å². The molecule has 3 amide bonds. The fraction of sp³-hybridized carbons (Fsp3) is 0.640. The zero-order valence-electron chi connectivity index (χ0n) is 20.0. The highest BCUT2D eigenvalue weighted by Crippen LogP contribution is 2.35. The minimum atomic E-state index is -0.788. The molecule has 1 aromatic rings. The number of nitrogens with one attached hydrogen (secondary N) is 2. The van der Waals surface area contributed by atoms with Crippen LogP contribution >= 0.6 is 0 Å². The van der Waals surface area contributed by atoms with Crippen molar-refractivity contribution in [2.24, 2.45) is 11.8 Å². The zero-order chi connectivity index (χ0) is 24.8. The first-order valence-electron chi connectivity index (χ1n) is 12.6. The third-order valence-corrected chi connectivity index (χ3v) is 7.78. The number of amides is 3. The molecule has 192 valence electrons. The van der Waals surface area contributed by atoms with Gasteiger partial charge in [0, 0.05) is 31.9 Å². The number of benzene rings is 1. The van der Waals surface area contributed by atoms with Gasteiger partial charge in [0.1, 0.15) is 6.10 Å². The maximum Gasteiger partial charge on any atom is 0.407 e. The van der Waals surface area contributed by atoms with E-state index in [1.807, 2.05) is 30.3 Å². The van der Waals surface area contributed by atoms with E-state index in [2.05, 4.69) is 10.2 Å². The van der Waals surface area contributed by atoms with Gasteiger partial charge in [-0.3, -0.25) is 14.8 Å². The monoisotopic (exact) mass is 488 g/mol. The van der Waals surface area contributed by atoms with E-state index in [0.29, 0.717) is 51.9 Å². The fourth-order valence-electron chi connectivity index (χ4n) is 5.74. The molecule has 3 aliphatic rings. The molecular formula is C25H36N4O6. The maximum absolute atomic E-state index is 13.4. The highest BCUT2D eigenvalue weighted by molar-refractivity contribution is 5.87. The van der Waals surface area contributed by atoms with Crippen molar-refractivity contribution in [1.82, 2.24) is 15.7 Å². The van der Waals surface area contributed by atoms with Crippen LogP contribution < -0.4 is 15.7 Å². The number of ether oxygens (including phenoxy) is 1. The molecule has 35 heavy (non-hydrogen) atoms. The van der Waals surface area contributed by atoms with Crippen molar-refractivity contribution >= 4 is 23.6 Å². The summed E-state index contributed by atoms with van der Waals surface area (Å²) in [4.78, 5) is 42.4. The average Bonchev–Trinajstić information content (AvgIpc) is 3.37. The Morgan fingerprint density at radius 1 is 1.00 bits per heavy atom. The second kappa shape index (κ2) is 11.3. The number of alkyl carbamates (subject to hydrolysis) is 1. The minimum Gasteiger partial charge on any atom is -0.446 e. The van der Waals surface area contributed by atoms with Crippen molar-refractivity contribution in [3.8, 4) is 0 Å². The molecule has 4 rings (SSSR count). The molecule has 0 unspecified atom stereocenters. The first kappa shape index (κ1) is 25.2. The lowest BCUT2D eigenvalue weighted by Gasteiger charge is -2.40. The number of hydrogen-bond donors (Lipinski definition) is 4. The lowest BCUT2D eigenvalue weighted by Crippen LogP contribution is -2.54. The van der Waals surface area contributed by atoms with E-state index in [9.17, 15) is 24.7 Å². The van der Waals surface area contributed by atoms with Crippen molar-refractivity contribution in [2.75, 3.05) is 37.7 Å². The molecule has 10 nitrogen and oxygen atoms in total. The summed E-state index contributed by atoms with van der Waals surface area (Å²) in [7, 11) is 0. The predicted octanol–water partition coefficient (Wildman–Crippen LogP) is 1.66. The maximum atomic E-state index is 13.4. The van der Waals surface area contributed by atoms with Gasteiger partial charge in [0.15, 0.2) is 0 Å². The second-order valence-corrected chi connectivity index (χ2v) is 9.95. The van der Waals surface area contributed by atoms with Crippen molar-refractivity contribution in [3.05, 3.63) is 30.3 Å². The highest BCUT2D eigenvalue weighted by Gasteiger charge is 2.43. The van der Waals surface area contributed by atoms with Crippen molar-refractivity contribution in [1.29, 1.82) is 0 Å². The molecule has 0 bridgehead atoms. The van der Waals surface area contributed by atoms with Crippen LogP contribution in [0.1, 0.15) is 44.9 Å². The summed E-state index contributed by atoms with van der Waals surface area (Å²) in [5.74, 6) is -2.10.